The van der Waals surface area contributed by atoms with Gasteiger partial charge in [-0.3, -0.25) is 9.88 Å². The Morgan fingerprint density at radius 2 is 1.88 bits per heavy atom. The number of benzene rings is 1. The number of pyridine rings is 1. The summed E-state index contributed by atoms with van der Waals surface area (Å²) in [5.41, 5.74) is 1.15. The van der Waals surface area contributed by atoms with Gasteiger partial charge >= 0.3 is 18.0 Å². The fraction of sp³-hybridized carbons (Fsp3) is 0.417. The Kier molecular flexibility index (Phi) is 7.00. The summed E-state index contributed by atoms with van der Waals surface area (Å²) >= 11 is 0. The summed E-state index contributed by atoms with van der Waals surface area (Å²) in [6.45, 7) is 6.38. The Hall–Kier alpha value is -3.49. The Morgan fingerprint density at radius 3 is 2.42 bits per heavy atom. The first kappa shape index (κ1) is 24.2. The Bertz CT molecular complexity index is 1040. The van der Waals surface area contributed by atoms with E-state index in [0.717, 1.165) is 22.7 Å². The van der Waals surface area contributed by atoms with Crippen molar-refractivity contribution in [2.24, 2.45) is 0 Å². The van der Waals surface area contributed by atoms with Crippen molar-refractivity contribution in [1.29, 1.82) is 0 Å². The maximum Gasteiger partial charge on any atom is 0.331 e. The Morgan fingerprint density at radius 1 is 1.21 bits per heavy atom. The maximum atomic E-state index is 13.9. The number of hydrogen-bond donors (Lipinski definition) is 1. The number of carboxylic acid groups (broad SMARTS) is 1. The monoisotopic (exact) mass is 457 g/mol. The van der Waals surface area contributed by atoms with Crippen LogP contribution in [0, 0.1) is 5.82 Å². The molecule has 0 bridgehead atoms. The summed E-state index contributed by atoms with van der Waals surface area (Å²) in [7, 11) is 1.24. The van der Waals surface area contributed by atoms with E-state index in [1.807, 2.05) is 32.9 Å². The number of methoxy groups -OCH3 is 1. The van der Waals surface area contributed by atoms with Crippen LogP contribution in [-0.4, -0.2) is 52.7 Å². The fourth-order valence-corrected chi connectivity index (χ4v) is 3.99. The highest BCUT2D eigenvalue weighted by atomic mass is 19.1. The predicted molar refractivity (Wildman–Crippen MR) is 119 cm³/mol. The molecule has 2 atom stereocenters. The number of aromatic nitrogens is 1. The second-order valence-corrected chi connectivity index (χ2v) is 9.00. The summed E-state index contributed by atoms with van der Waals surface area (Å²) in [6, 6.07) is 4.94. The molecular formula is C24H28FN3O5. The van der Waals surface area contributed by atoms with Crippen LogP contribution >= 0.6 is 0 Å². The Labute approximate surface area is 192 Å². The van der Waals surface area contributed by atoms with Crippen molar-refractivity contribution in [2.45, 2.75) is 51.1 Å². The number of carboxylic acids is 1. The third kappa shape index (κ3) is 5.13. The van der Waals surface area contributed by atoms with Gasteiger partial charge in [0.2, 0.25) is 0 Å². The minimum Gasteiger partial charge on any atom is -0.479 e. The Balaban J connectivity index is 2.12. The number of amides is 2. The molecule has 1 unspecified atom stereocenters. The maximum absolute atomic E-state index is 13.9. The second-order valence-electron chi connectivity index (χ2n) is 9.00. The summed E-state index contributed by atoms with van der Waals surface area (Å²) in [5.74, 6) is -2.64. The van der Waals surface area contributed by atoms with Gasteiger partial charge in [0.25, 0.3) is 0 Å². The highest BCUT2D eigenvalue weighted by molar-refractivity contribution is 6.00. The SMILES string of the molecule is COC(=O)[C@@H]1CCCN1C(=O)N(c1ccc(C(C)(C)C)cc1)C(C(=O)O)c1cncc(F)c1. The third-order valence-corrected chi connectivity index (χ3v) is 5.72. The van der Waals surface area contributed by atoms with E-state index in [2.05, 4.69) is 4.98 Å². The van der Waals surface area contributed by atoms with E-state index in [9.17, 15) is 23.9 Å². The first-order valence-corrected chi connectivity index (χ1v) is 10.7. The number of aliphatic carboxylic acids is 1. The number of carbonyl (C=O) groups is 3. The number of carbonyl (C=O) groups excluding carboxylic acids is 2. The van der Waals surface area contributed by atoms with Gasteiger partial charge in [-0.1, -0.05) is 32.9 Å². The number of nitrogens with zero attached hydrogens (tertiary/aromatic N) is 3. The van der Waals surface area contributed by atoms with Crippen molar-refractivity contribution in [1.82, 2.24) is 9.88 Å². The van der Waals surface area contributed by atoms with Gasteiger partial charge in [-0.25, -0.2) is 18.8 Å². The smallest absolute Gasteiger partial charge is 0.331 e. The van der Waals surface area contributed by atoms with Crippen LogP contribution in [0.5, 0.6) is 0 Å². The second kappa shape index (κ2) is 9.56. The van der Waals surface area contributed by atoms with Gasteiger partial charge in [-0.05, 0) is 42.0 Å². The van der Waals surface area contributed by atoms with Crippen LogP contribution in [0.25, 0.3) is 0 Å². The fourth-order valence-electron chi connectivity index (χ4n) is 3.99. The molecule has 1 aromatic carbocycles. The molecule has 0 radical (unpaired) electrons. The van der Waals surface area contributed by atoms with E-state index in [4.69, 9.17) is 4.74 Å². The van der Waals surface area contributed by atoms with E-state index in [1.165, 1.54) is 18.2 Å². The quantitative estimate of drug-likeness (QED) is 0.684. The molecular weight excluding hydrogens is 429 g/mol. The van der Waals surface area contributed by atoms with Gasteiger partial charge in [0.05, 0.1) is 13.3 Å². The standard InChI is InChI=1S/C24H28FN3O5/c1-24(2,3)16-7-9-18(10-8-16)28(20(21(29)30)15-12-17(25)14-26-13-15)23(32)27-11-5-6-19(27)22(31)33-4/h7-10,12-14,19-20H,5-6,11H2,1-4H3,(H,29,30)/t19-,20?/m0/s1. The molecule has 1 aromatic heterocycles. The van der Waals surface area contributed by atoms with E-state index >= 15 is 0 Å². The third-order valence-electron chi connectivity index (χ3n) is 5.72. The summed E-state index contributed by atoms with van der Waals surface area (Å²) < 4.78 is 18.8. The molecule has 8 nitrogen and oxygen atoms in total. The average Bonchev–Trinajstić information content (AvgIpc) is 3.25. The van der Waals surface area contributed by atoms with Gasteiger partial charge < -0.3 is 14.7 Å². The van der Waals surface area contributed by atoms with Crippen molar-refractivity contribution < 1.29 is 28.6 Å². The zero-order chi connectivity index (χ0) is 24.3. The van der Waals surface area contributed by atoms with Crippen molar-refractivity contribution >= 4 is 23.7 Å². The van der Waals surface area contributed by atoms with Crippen LogP contribution in [0.15, 0.2) is 42.7 Å². The number of esters is 1. The molecule has 176 valence electrons. The molecule has 3 rings (SSSR count). The average molecular weight is 458 g/mol. The normalized spacial score (nSPS) is 16.9. The number of urea groups is 1. The molecule has 2 aromatic rings. The lowest BCUT2D eigenvalue weighted by molar-refractivity contribution is -0.144. The van der Waals surface area contributed by atoms with Crippen LogP contribution in [0.4, 0.5) is 14.9 Å². The number of halogens is 1. The van der Waals surface area contributed by atoms with E-state index in [1.54, 1.807) is 12.1 Å². The summed E-state index contributed by atoms with van der Waals surface area (Å²) in [6.07, 6.45) is 3.16. The lowest BCUT2D eigenvalue weighted by Gasteiger charge is -2.35. The van der Waals surface area contributed by atoms with Gasteiger partial charge in [0, 0.05) is 24.0 Å². The summed E-state index contributed by atoms with van der Waals surface area (Å²) in [4.78, 5) is 44.5. The molecule has 1 N–H and O–H groups in total. The predicted octanol–water partition coefficient (Wildman–Crippen LogP) is 3.91. The van der Waals surface area contributed by atoms with Crippen molar-refractivity contribution in [3.05, 3.63) is 59.7 Å². The molecule has 2 heterocycles. The van der Waals surface area contributed by atoms with Gasteiger partial charge in [-0.2, -0.15) is 0 Å². The topological polar surface area (TPSA) is 100 Å². The summed E-state index contributed by atoms with van der Waals surface area (Å²) in [5, 5.41) is 10.1. The van der Waals surface area contributed by atoms with Crippen LogP contribution in [0.3, 0.4) is 0 Å². The minimum absolute atomic E-state index is 0.00422. The lowest BCUT2D eigenvalue weighted by atomic mass is 9.87. The van der Waals surface area contributed by atoms with Crippen LogP contribution in [-0.2, 0) is 19.7 Å². The first-order chi connectivity index (χ1) is 15.5. The molecule has 1 saturated heterocycles. The van der Waals surface area contributed by atoms with Crippen LogP contribution < -0.4 is 4.90 Å². The number of hydrogen-bond acceptors (Lipinski definition) is 5. The molecule has 1 aliphatic rings. The van der Waals surface area contributed by atoms with Crippen molar-refractivity contribution in [3.63, 3.8) is 0 Å². The molecule has 0 spiro atoms. The molecule has 1 aliphatic heterocycles. The van der Waals surface area contributed by atoms with Gasteiger partial charge in [0.15, 0.2) is 6.04 Å². The van der Waals surface area contributed by atoms with Gasteiger partial charge in [0.1, 0.15) is 11.9 Å². The number of rotatable bonds is 5. The lowest BCUT2D eigenvalue weighted by Crippen LogP contribution is -2.51. The molecule has 0 aliphatic carbocycles. The van der Waals surface area contributed by atoms with Crippen molar-refractivity contribution in [3.8, 4) is 0 Å². The molecule has 33 heavy (non-hydrogen) atoms. The number of likely N-dealkylation sites (tertiary alicyclic amines) is 1. The molecule has 0 saturated carbocycles. The molecule has 9 heteroatoms. The number of ether oxygens (including phenoxy) is 1. The van der Waals surface area contributed by atoms with Crippen LogP contribution in [0.1, 0.15) is 50.8 Å². The van der Waals surface area contributed by atoms with Gasteiger partial charge in [-0.15, -0.1) is 0 Å². The zero-order valence-electron chi connectivity index (χ0n) is 19.1. The zero-order valence-corrected chi connectivity index (χ0v) is 19.1. The highest BCUT2D eigenvalue weighted by Crippen LogP contribution is 2.33. The van der Waals surface area contributed by atoms with Crippen LogP contribution in [0.2, 0.25) is 0 Å². The van der Waals surface area contributed by atoms with E-state index in [0.29, 0.717) is 18.5 Å². The van der Waals surface area contributed by atoms with Crippen molar-refractivity contribution in [2.75, 3.05) is 18.6 Å². The highest BCUT2D eigenvalue weighted by Gasteiger charge is 2.42. The van der Waals surface area contributed by atoms with E-state index < -0.39 is 35.9 Å². The van der Waals surface area contributed by atoms with E-state index in [-0.39, 0.29) is 17.5 Å². The first-order valence-electron chi connectivity index (χ1n) is 10.7. The number of anilines is 1. The molecule has 2 amide bonds. The minimum atomic E-state index is -1.56. The largest absolute Gasteiger partial charge is 0.479 e. The molecule has 1 fully saturated rings.